The number of amides is 1. The van der Waals surface area contributed by atoms with Gasteiger partial charge in [0.25, 0.3) is 0 Å². The highest BCUT2D eigenvalue weighted by Gasteiger charge is 2.31. The van der Waals surface area contributed by atoms with Gasteiger partial charge in [0.15, 0.2) is 5.82 Å². The van der Waals surface area contributed by atoms with Gasteiger partial charge in [-0.2, -0.15) is 5.10 Å². The molecule has 1 aromatic carbocycles. The van der Waals surface area contributed by atoms with Crippen molar-refractivity contribution in [2.24, 2.45) is 0 Å². The third-order valence-electron chi connectivity index (χ3n) is 5.19. The van der Waals surface area contributed by atoms with Gasteiger partial charge in [0.1, 0.15) is 15.8 Å². The Bertz CT molecular complexity index is 1340. The molecule has 0 spiro atoms. The topological polar surface area (TPSA) is 103 Å². The Morgan fingerprint density at radius 2 is 1.81 bits per heavy atom. The van der Waals surface area contributed by atoms with Gasteiger partial charge in [0.05, 0.1) is 12.1 Å². The molecule has 0 fully saturated rings. The van der Waals surface area contributed by atoms with Crippen LogP contribution in [0.25, 0.3) is 11.1 Å². The maximum atomic E-state index is 12.5. The third-order valence-corrected chi connectivity index (χ3v) is 6.09. The maximum Gasteiger partial charge on any atom is 0.573 e. The SMILES string of the molecule is Cc1nnc(CCCCc2ccc(NC(=O)Cc3cncc(-c4cccc(OC(F)(F)F)c4)c3)nn2)s1. The van der Waals surface area contributed by atoms with E-state index in [1.54, 1.807) is 29.5 Å². The highest BCUT2D eigenvalue weighted by atomic mass is 32.1. The van der Waals surface area contributed by atoms with Crippen molar-refractivity contribution in [3.8, 4) is 16.9 Å². The van der Waals surface area contributed by atoms with Crippen LogP contribution in [0.4, 0.5) is 19.0 Å². The molecule has 3 aromatic heterocycles. The van der Waals surface area contributed by atoms with Crippen molar-refractivity contribution in [2.45, 2.75) is 45.4 Å². The Kier molecular flexibility index (Phi) is 8.39. The summed E-state index contributed by atoms with van der Waals surface area (Å²) in [4.78, 5) is 16.6. The van der Waals surface area contributed by atoms with Crippen LogP contribution >= 0.6 is 11.3 Å². The van der Waals surface area contributed by atoms with Crippen LogP contribution in [0.1, 0.15) is 34.1 Å². The van der Waals surface area contributed by atoms with E-state index in [9.17, 15) is 18.0 Å². The van der Waals surface area contributed by atoms with Gasteiger partial charge in [-0.05, 0) is 67.6 Å². The van der Waals surface area contributed by atoms with Gasteiger partial charge in [-0.25, -0.2) is 0 Å². The fourth-order valence-corrected chi connectivity index (χ4v) is 4.32. The van der Waals surface area contributed by atoms with Crippen LogP contribution in [0.3, 0.4) is 0 Å². The molecule has 0 aliphatic rings. The monoisotopic (exact) mass is 528 g/mol. The van der Waals surface area contributed by atoms with Crippen LogP contribution < -0.4 is 10.1 Å². The van der Waals surface area contributed by atoms with Gasteiger partial charge in [0.2, 0.25) is 5.91 Å². The number of hydrogen-bond acceptors (Lipinski definition) is 8. The number of anilines is 1. The van der Waals surface area contributed by atoms with Crippen LogP contribution in [-0.2, 0) is 24.1 Å². The average Bonchev–Trinajstić information content (AvgIpc) is 3.27. The zero-order valence-electron chi connectivity index (χ0n) is 19.8. The molecule has 0 aliphatic carbocycles. The summed E-state index contributed by atoms with van der Waals surface area (Å²) >= 11 is 1.61. The second-order valence-electron chi connectivity index (χ2n) is 8.21. The fraction of sp³-hybridized carbons (Fsp3) is 0.280. The van der Waals surface area contributed by atoms with E-state index < -0.39 is 6.36 Å². The summed E-state index contributed by atoms with van der Waals surface area (Å²) in [5.41, 5.74) is 2.46. The molecular weight excluding hydrogens is 505 g/mol. The van der Waals surface area contributed by atoms with Crippen molar-refractivity contribution in [1.29, 1.82) is 0 Å². The number of unbranched alkanes of at least 4 members (excludes halogenated alkanes) is 1. The van der Waals surface area contributed by atoms with Crippen LogP contribution in [-0.4, -0.2) is 37.6 Å². The zero-order chi connectivity index (χ0) is 26.3. The number of pyridine rings is 1. The molecule has 8 nitrogen and oxygen atoms in total. The van der Waals surface area contributed by atoms with Crippen molar-refractivity contribution >= 4 is 23.1 Å². The van der Waals surface area contributed by atoms with Crippen molar-refractivity contribution in [3.05, 3.63) is 76.1 Å². The second-order valence-corrected chi connectivity index (χ2v) is 9.48. The molecule has 0 bridgehead atoms. The number of halogens is 3. The smallest absolute Gasteiger partial charge is 0.406 e. The number of carbonyl (C=O) groups is 1. The van der Waals surface area contributed by atoms with E-state index in [2.05, 4.69) is 35.4 Å². The van der Waals surface area contributed by atoms with Crippen LogP contribution in [0, 0.1) is 6.92 Å². The Morgan fingerprint density at radius 3 is 2.54 bits per heavy atom. The molecule has 0 aliphatic heterocycles. The van der Waals surface area contributed by atoms with Crippen LogP contribution in [0.15, 0.2) is 54.9 Å². The molecule has 4 aromatic rings. The van der Waals surface area contributed by atoms with Gasteiger partial charge in [0, 0.05) is 24.4 Å². The van der Waals surface area contributed by atoms with Crippen LogP contribution in [0.2, 0.25) is 0 Å². The fourth-order valence-electron chi connectivity index (χ4n) is 3.57. The van der Waals surface area contributed by atoms with Crippen LogP contribution in [0.5, 0.6) is 5.75 Å². The lowest BCUT2D eigenvalue weighted by molar-refractivity contribution is -0.274. The van der Waals surface area contributed by atoms with Crippen molar-refractivity contribution in [1.82, 2.24) is 25.4 Å². The number of carbonyl (C=O) groups excluding carboxylic acids is 1. The minimum absolute atomic E-state index is 0.00804. The Labute approximate surface area is 215 Å². The number of alkyl halides is 3. The summed E-state index contributed by atoms with van der Waals surface area (Å²) in [6, 6.07) is 10.8. The van der Waals surface area contributed by atoms with Crippen molar-refractivity contribution < 1.29 is 22.7 Å². The second kappa shape index (κ2) is 11.9. The number of nitrogens with one attached hydrogen (secondary N) is 1. The first-order valence-electron chi connectivity index (χ1n) is 11.4. The summed E-state index contributed by atoms with van der Waals surface area (Å²) in [5, 5.41) is 21.1. The van der Waals surface area contributed by atoms with Gasteiger partial charge < -0.3 is 10.1 Å². The summed E-state index contributed by atoms with van der Waals surface area (Å²) in [6.45, 7) is 1.94. The van der Waals surface area contributed by atoms with E-state index in [4.69, 9.17) is 0 Å². The van der Waals surface area contributed by atoms with E-state index in [1.807, 2.05) is 13.0 Å². The molecule has 1 amide bonds. The Hall–Kier alpha value is -3.93. The first-order chi connectivity index (χ1) is 17.7. The van der Waals surface area contributed by atoms with Gasteiger partial charge in [-0.15, -0.1) is 39.8 Å². The first-order valence-corrected chi connectivity index (χ1v) is 12.3. The predicted molar refractivity (Wildman–Crippen MR) is 132 cm³/mol. The molecule has 0 radical (unpaired) electrons. The number of benzene rings is 1. The van der Waals surface area contributed by atoms with E-state index >= 15 is 0 Å². The zero-order valence-corrected chi connectivity index (χ0v) is 20.6. The average molecular weight is 529 g/mol. The summed E-state index contributed by atoms with van der Waals surface area (Å²) in [6.07, 6.45) is 1.83. The van der Waals surface area contributed by atoms with Gasteiger partial charge in [-0.1, -0.05) is 12.1 Å². The van der Waals surface area contributed by atoms with Crippen molar-refractivity contribution in [3.63, 3.8) is 0 Å². The number of hydrogen-bond donors (Lipinski definition) is 1. The standard InChI is InChI=1S/C25H23F3N6O2S/c1-16-31-34-24(37-16)8-3-2-6-20-9-10-22(33-32-20)30-23(35)12-17-11-19(15-29-14-17)18-5-4-7-21(13-18)36-25(26,27)28/h4-5,7,9-11,13-15H,2-3,6,8,12H2,1H3,(H,30,33,35). The van der Waals surface area contributed by atoms with E-state index in [1.165, 1.54) is 30.6 Å². The lowest BCUT2D eigenvalue weighted by Gasteiger charge is -2.10. The van der Waals surface area contributed by atoms with Gasteiger partial charge in [-0.3, -0.25) is 9.78 Å². The first kappa shape index (κ1) is 26.1. The minimum Gasteiger partial charge on any atom is -0.406 e. The highest BCUT2D eigenvalue weighted by Crippen LogP contribution is 2.28. The number of nitrogens with zero attached hydrogens (tertiary/aromatic N) is 5. The summed E-state index contributed by atoms with van der Waals surface area (Å²) in [5.74, 6) is -0.316. The molecule has 0 saturated heterocycles. The number of aryl methyl sites for hydroxylation is 3. The third kappa shape index (κ3) is 8.31. The normalized spacial score (nSPS) is 11.4. The largest absolute Gasteiger partial charge is 0.573 e. The lowest BCUT2D eigenvalue weighted by Crippen LogP contribution is -2.17. The molecule has 0 atom stereocenters. The minimum atomic E-state index is -4.78. The molecule has 12 heteroatoms. The number of rotatable bonds is 10. The molecule has 0 unspecified atom stereocenters. The molecule has 1 N–H and O–H groups in total. The molecular formula is C25H23F3N6O2S. The quantitative estimate of drug-likeness (QED) is 0.277. The number of aromatic nitrogens is 5. The summed E-state index contributed by atoms with van der Waals surface area (Å²) in [7, 11) is 0. The molecule has 0 saturated carbocycles. The predicted octanol–water partition coefficient (Wildman–Crippen LogP) is 5.34. The number of ether oxygens (including phenoxy) is 1. The molecule has 37 heavy (non-hydrogen) atoms. The Balaban J connectivity index is 1.28. The van der Waals surface area contributed by atoms with Gasteiger partial charge >= 0.3 is 6.36 Å². The van der Waals surface area contributed by atoms with E-state index in [0.717, 1.165) is 41.4 Å². The molecule has 192 valence electrons. The Morgan fingerprint density at radius 1 is 0.973 bits per heavy atom. The summed E-state index contributed by atoms with van der Waals surface area (Å²) < 4.78 is 41.5. The molecule has 4 rings (SSSR count). The van der Waals surface area contributed by atoms with E-state index in [-0.39, 0.29) is 18.1 Å². The maximum absolute atomic E-state index is 12.5. The van der Waals surface area contributed by atoms with Crippen molar-refractivity contribution in [2.75, 3.05) is 5.32 Å². The van der Waals surface area contributed by atoms with E-state index in [0.29, 0.717) is 22.5 Å². The lowest BCUT2D eigenvalue weighted by atomic mass is 10.0. The molecule has 3 heterocycles. The highest BCUT2D eigenvalue weighted by molar-refractivity contribution is 7.11.